The first-order chi connectivity index (χ1) is 9.33. The van der Waals surface area contributed by atoms with Gasteiger partial charge in [-0.05, 0) is 12.1 Å². The minimum atomic E-state index is 0.792. The summed E-state index contributed by atoms with van der Waals surface area (Å²) in [6, 6.07) is 5.86. The van der Waals surface area contributed by atoms with Crippen LogP contribution in [0.4, 0.5) is 0 Å². The maximum Gasteiger partial charge on any atom is 0.131 e. The Morgan fingerprint density at radius 2 is 2.16 bits per heavy atom. The van der Waals surface area contributed by atoms with Crippen molar-refractivity contribution in [1.29, 1.82) is 0 Å². The molecular formula is C14H17N3O2. The molecule has 0 saturated carbocycles. The zero-order chi connectivity index (χ0) is 13.2. The Morgan fingerprint density at radius 3 is 2.95 bits per heavy atom. The van der Waals surface area contributed by atoms with Gasteiger partial charge >= 0.3 is 0 Å². The highest BCUT2D eigenvalue weighted by Crippen LogP contribution is 2.34. The maximum absolute atomic E-state index is 5.47. The highest BCUT2D eigenvalue weighted by Gasteiger charge is 2.17. The molecule has 19 heavy (non-hydrogen) atoms. The number of hydrogen-bond donors (Lipinski definition) is 1. The van der Waals surface area contributed by atoms with Gasteiger partial charge in [0.1, 0.15) is 17.3 Å². The third-order valence-electron chi connectivity index (χ3n) is 3.42. The van der Waals surface area contributed by atoms with Crippen LogP contribution in [-0.4, -0.2) is 30.3 Å². The molecule has 2 aromatic rings. The number of ether oxygens (including phenoxy) is 2. The summed E-state index contributed by atoms with van der Waals surface area (Å²) in [6.45, 7) is 2.72. The molecule has 0 radical (unpaired) electrons. The van der Waals surface area contributed by atoms with E-state index in [4.69, 9.17) is 9.47 Å². The van der Waals surface area contributed by atoms with Crippen LogP contribution in [0.5, 0.6) is 11.5 Å². The molecule has 0 amide bonds. The monoisotopic (exact) mass is 259 g/mol. The van der Waals surface area contributed by atoms with E-state index in [0.717, 1.165) is 48.2 Å². The summed E-state index contributed by atoms with van der Waals surface area (Å²) < 4.78 is 12.9. The van der Waals surface area contributed by atoms with E-state index >= 15 is 0 Å². The van der Waals surface area contributed by atoms with Gasteiger partial charge in [0, 0.05) is 24.7 Å². The summed E-state index contributed by atoms with van der Waals surface area (Å²) in [4.78, 5) is 4.46. The van der Waals surface area contributed by atoms with E-state index in [1.165, 1.54) is 0 Å². The van der Waals surface area contributed by atoms with Crippen LogP contribution in [0.25, 0.3) is 11.3 Å². The average Bonchev–Trinajstić information content (AvgIpc) is 2.90. The van der Waals surface area contributed by atoms with E-state index in [2.05, 4.69) is 14.9 Å². The minimum absolute atomic E-state index is 0.792. The Bertz CT molecular complexity index is 592. The third kappa shape index (κ3) is 2.06. The lowest BCUT2D eigenvalue weighted by molar-refractivity contribution is 0.395. The molecule has 2 heterocycles. The number of nitrogens with zero attached hydrogens (tertiary/aromatic N) is 2. The second-order valence-corrected chi connectivity index (χ2v) is 4.45. The molecule has 5 heteroatoms. The van der Waals surface area contributed by atoms with E-state index in [0.29, 0.717) is 0 Å². The lowest BCUT2D eigenvalue weighted by Gasteiger charge is -2.18. The van der Waals surface area contributed by atoms with Crippen molar-refractivity contribution in [2.75, 3.05) is 20.8 Å². The molecule has 1 N–H and O–H groups in total. The predicted octanol–water partition coefficient (Wildman–Crippen LogP) is 1.67. The summed E-state index contributed by atoms with van der Waals surface area (Å²) in [7, 11) is 3.33. The fraction of sp³-hybridized carbons (Fsp3) is 0.357. The third-order valence-corrected chi connectivity index (χ3v) is 3.42. The Labute approximate surface area is 112 Å². The number of hydrogen-bond acceptors (Lipinski definition) is 4. The molecule has 0 atom stereocenters. The molecule has 0 aliphatic carbocycles. The van der Waals surface area contributed by atoms with E-state index in [-0.39, 0.29) is 0 Å². The summed E-state index contributed by atoms with van der Waals surface area (Å²) in [5.41, 5.74) is 2.14. The van der Waals surface area contributed by atoms with Crippen molar-refractivity contribution in [3.63, 3.8) is 0 Å². The predicted molar refractivity (Wildman–Crippen MR) is 72.5 cm³/mol. The first-order valence-electron chi connectivity index (χ1n) is 6.31. The van der Waals surface area contributed by atoms with Gasteiger partial charge in [-0.3, -0.25) is 0 Å². The van der Waals surface area contributed by atoms with Gasteiger partial charge in [0.25, 0.3) is 0 Å². The van der Waals surface area contributed by atoms with Gasteiger partial charge < -0.3 is 19.4 Å². The van der Waals surface area contributed by atoms with Crippen LogP contribution in [0.2, 0.25) is 0 Å². The topological polar surface area (TPSA) is 48.3 Å². The number of imidazole rings is 1. The number of benzene rings is 1. The van der Waals surface area contributed by atoms with Crippen molar-refractivity contribution in [2.45, 2.75) is 13.1 Å². The van der Waals surface area contributed by atoms with E-state index < -0.39 is 0 Å². The molecule has 1 aromatic carbocycles. The Kier molecular flexibility index (Phi) is 3.13. The SMILES string of the molecule is COc1ccc(-c2cnc3n2CCNC3)c(OC)c1. The van der Waals surface area contributed by atoms with Gasteiger partial charge in [0.2, 0.25) is 0 Å². The smallest absolute Gasteiger partial charge is 0.131 e. The van der Waals surface area contributed by atoms with Crippen molar-refractivity contribution in [1.82, 2.24) is 14.9 Å². The van der Waals surface area contributed by atoms with Crippen LogP contribution >= 0.6 is 0 Å². The van der Waals surface area contributed by atoms with Crippen LogP contribution in [0.15, 0.2) is 24.4 Å². The van der Waals surface area contributed by atoms with Gasteiger partial charge in [0.15, 0.2) is 0 Å². The van der Waals surface area contributed by atoms with Crippen LogP contribution < -0.4 is 14.8 Å². The molecule has 0 saturated heterocycles. The summed E-state index contributed by atoms with van der Waals surface area (Å²) in [5, 5.41) is 3.32. The van der Waals surface area contributed by atoms with Gasteiger partial charge in [-0.2, -0.15) is 0 Å². The maximum atomic E-state index is 5.47. The zero-order valence-corrected chi connectivity index (χ0v) is 11.1. The highest BCUT2D eigenvalue weighted by atomic mass is 16.5. The minimum Gasteiger partial charge on any atom is -0.497 e. The van der Waals surface area contributed by atoms with Crippen molar-refractivity contribution in [3.8, 4) is 22.8 Å². The lowest BCUT2D eigenvalue weighted by Crippen LogP contribution is -2.28. The van der Waals surface area contributed by atoms with Crippen molar-refractivity contribution in [2.24, 2.45) is 0 Å². The van der Waals surface area contributed by atoms with Gasteiger partial charge in [-0.1, -0.05) is 0 Å². The molecule has 0 fully saturated rings. The van der Waals surface area contributed by atoms with Crippen molar-refractivity contribution >= 4 is 0 Å². The van der Waals surface area contributed by atoms with Crippen LogP contribution in [0.3, 0.4) is 0 Å². The first-order valence-corrected chi connectivity index (χ1v) is 6.31. The second kappa shape index (κ2) is 4.93. The first kappa shape index (κ1) is 12.0. The number of aromatic nitrogens is 2. The fourth-order valence-electron chi connectivity index (χ4n) is 2.42. The summed E-state index contributed by atoms with van der Waals surface area (Å²) in [5.74, 6) is 2.67. The molecule has 1 aromatic heterocycles. The van der Waals surface area contributed by atoms with E-state index in [1.54, 1.807) is 14.2 Å². The normalized spacial score (nSPS) is 14.0. The zero-order valence-electron chi connectivity index (χ0n) is 11.1. The van der Waals surface area contributed by atoms with Crippen LogP contribution in [0, 0.1) is 0 Å². The molecule has 100 valence electrons. The average molecular weight is 259 g/mol. The molecule has 0 unspecified atom stereocenters. The van der Waals surface area contributed by atoms with Crippen molar-refractivity contribution < 1.29 is 9.47 Å². The molecule has 1 aliphatic heterocycles. The Balaban J connectivity index is 2.09. The molecule has 1 aliphatic rings. The molecule has 5 nitrogen and oxygen atoms in total. The molecule has 0 spiro atoms. The largest absolute Gasteiger partial charge is 0.497 e. The Hall–Kier alpha value is -2.01. The van der Waals surface area contributed by atoms with Crippen LogP contribution in [-0.2, 0) is 13.1 Å². The lowest BCUT2D eigenvalue weighted by atomic mass is 10.1. The quantitative estimate of drug-likeness (QED) is 0.911. The number of nitrogens with one attached hydrogen (secondary N) is 1. The molecular weight excluding hydrogens is 242 g/mol. The Morgan fingerprint density at radius 1 is 1.26 bits per heavy atom. The number of fused-ring (bicyclic) bond motifs is 1. The highest BCUT2D eigenvalue weighted by molar-refractivity contribution is 5.69. The molecule has 3 rings (SSSR count). The standard InChI is InChI=1S/C14H17N3O2/c1-18-10-3-4-11(13(7-10)19-2)12-8-16-14-9-15-5-6-17(12)14/h3-4,7-8,15H,5-6,9H2,1-2H3. The summed E-state index contributed by atoms with van der Waals surface area (Å²) in [6.07, 6.45) is 1.91. The van der Waals surface area contributed by atoms with Crippen LogP contribution in [0.1, 0.15) is 5.82 Å². The fourth-order valence-corrected chi connectivity index (χ4v) is 2.42. The van der Waals surface area contributed by atoms with E-state index in [1.807, 2.05) is 24.4 Å². The van der Waals surface area contributed by atoms with Gasteiger partial charge in [-0.15, -0.1) is 0 Å². The molecule has 0 bridgehead atoms. The van der Waals surface area contributed by atoms with Gasteiger partial charge in [0.05, 0.1) is 32.7 Å². The van der Waals surface area contributed by atoms with Crippen molar-refractivity contribution in [3.05, 3.63) is 30.2 Å². The number of rotatable bonds is 3. The second-order valence-electron chi connectivity index (χ2n) is 4.45. The number of methoxy groups -OCH3 is 2. The summed E-state index contributed by atoms with van der Waals surface area (Å²) >= 11 is 0. The van der Waals surface area contributed by atoms with E-state index in [9.17, 15) is 0 Å². The van der Waals surface area contributed by atoms with Gasteiger partial charge in [-0.25, -0.2) is 4.98 Å².